The molecule has 1 rings (SSSR count). The zero-order chi connectivity index (χ0) is 12.0. The molecule has 1 N–H and O–H groups in total. The second-order valence-electron chi connectivity index (χ2n) is 4.00. The Morgan fingerprint density at radius 1 is 1.50 bits per heavy atom. The van der Waals surface area contributed by atoms with Gasteiger partial charge in [0.25, 0.3) is 0 Å². The number of thiazole rings is 1. The summed E-state index contributed by atoms with van der Waals surface area (Å²) < 4.78 is 0. The summed E-state index contributed by atoms with van der Waals surface area (Å²) in [4.78, 5) is 7.05. The van der Waals surface area contributed by atoms with Crippen LogP contribution in [-0.4, -0.2) is 25.1 Å². The van der Waals surface area contributed by atoms with Crippen molar-refractivity contribution in [1.82, 2.24) is 10.3 Å². The minimum absolute atomic E-state index is 0.342. The molecule has 1 unspecified atom stereocenters. The fraction of sp³-hybridized carbons (Fsp3) is 0.750. The topological polar surface area (TPSA) is 28.2 Å². The lowest BCUT2D eigenvalue weighted by Gasteiger charge is -2.19. The smallest absolute Gasteiger partial charge is 0.185 e. The van der Waals surface area contributed by atoms with Gasteiger partial charge in [-0.1, -0.05) is 13.3 Å². The third-order valence-electron chi connectivity index (χ3n) is 2.82. The Bertz CT molecular complexity index is 298. The molecule has 3 nitrogen and oxygen atoms in total. The van der Waals surface area contributed by atoms with Gasteiger partial charge in [-0.05, 0) is 27.3 Å². The van der Waals surface area contributed by atoms with Crippen LogP contribution in [0.15, 0.2) is 5.38 Å². The van der Waals surface area contributed by atoms with Crippen LogP contribution < -0.4 is 10.2 Å². The summed E-state index contributed by atoms with van der Waals surface area (Å²) in [5, 5.41) is 6.54. The summed E-state index contributed by atoms with van der Waals surface area (Å²) in [7, 11) is 1.97. The van der Waals surface area contributed by atoms with Crippen LogP contribution in [-0.2, 0) is 0 Å². The van der Waals surface area contributed by atoms with E-state index in [4.69, 9.17) is 0 Å². The molecule has 4 heteroatoms. The normalized spacial score (nSPS) is 12.8. The number of hydrogen-bond donors (Lipinski definition) is 1. The van der Waals surface area contributed by atoms with Crippen molar-refractivity contribution in [3.63, 3.8) is 0 Å². The monoisotopic (exact) mass is 241 g/mol. The molecule has 0 aliphatic carbocycles. The van der Waals surface area contributed by atoms with E-state index in [0.717, 1.165) is 23.9 Å². The summed E-state index contributed by atoms with van der Waals surface area (Å²) in [6.45, 7) is 8.72. The van der Waals surface area contributed by atoms with E-state index < -0.39 is 0 Å². The van der Waals surface area contributed by atoms with E-state index in [0.29, 0.717) is 6.04 Å². The van der Waals surface area contributed by atoms with Crippen LogP contribution in [0.3, 0.4) is 0 Å². The number of hydrogen-bond acceptors (Lipinski definition) is 4. The highest BCUT2D eigenvalue weighted by Gasteiger charge is 2.11. The van der Waals surface area contributed by atoms with Crippen molar-refractivity contribution in [1.29, 1.82) is 0 Å². The molecule has 1 heterocycles. The molecule has 0 saturated heterocycles. The lowest BCUT2D eigenvalue weighted by molar-refractivity contribution is 0.634. The molecule has 0 saturated carbocycles. The van der Waals surface area contributed by atoms with E-state index in [2.05, 4.69) is 41.4 Å². The third-order valence-corrected chi connectivity index (χ3v) is 3.74. The SMILES string of the molecule is CCCCN(CC)c1nc(C(C)NC)cs1. The van der Waals surface area contributed by atoms with Crippen LogP contribution in [0.5, 0.6) is 0 Å². The standard InChI is InChI=1S/C12H23N3S/c1-5-7-8-15(6-2)12-14-11(9-16-12)10(3)13-4/h9-10,13H,5-8H2,1-4H3. The molecule has 0 fully saturated rings. The van der Waals surface area contributed by atoms with Crippen molar-refractivity contribution < 1.29 is 0 Å². The van der Waals surface area contributed by atoms with Gasteiger partial charge < -0.3 is 10.2 Å². The van der Waals surface area contributed by atoms with E-state index in [1.54, 1.807) is 11.3 Å². The second-order valence-corrected chi connectivity index (χ2v) is 4.84. The van der Waals surface area contributed by atoms with Crippen LogP contribution in [0.4, 0.5) is 5.13 Å². The first-order valence-electron chi connectivity index (χ1n) is 6.10. The van der Waals surface area contributed by atoms with Crippen LogP contribution in [0, 0.1) is 0 Å². The van der Waals surface area contributed by atoms with Gasteiger partial charge in [0.05, 0.1) is 5.69 Å². The van der Waals surface area contributed by atoms with Gasteiger partial charge in [0.1, 0.15) is 0 Å². The fourth-order valence-corrected chi connectivity index (χ4v) is 2.52. The Balaban J connectivity index is 2.66. The average molecular weight is 241 g/mol. The summed E-state index contributed by atoms with van der Waals surface area (Å²) in [6.07, 6.45) is 2.48. The maximum absolute atomic E-state index is 4.69. The zero-order valence-corrected chi connectivity index (χ0v) is 11.6. The highest BCUT2D eigenvalue weighted by Crippen LogP contribution is 2.24. The minimum atomic E-state index is 0.342. The van der Waals surface area contributed by atoms with Crippen LogP contribution in [0.25, 0.3) is 0 Å². The molecule has 16 heavy (non-hydrogen) atoms. The Kier molecular flexibility index (Phi) is 5.77. The molecule has 92 valence electrons. The number of aromatic nitrogens is 1. The highest BCUT2D eigenvalue weighted by atomic mass is 32.1. The van der Waals surface area contributed by atoms with Gasteiger partial charge in [0.2, 0.25) is 0 Å². The molecule has 1 aromatic rings. The van der Waals surface area contributed by atoms with Gasteiger partial charge in [0, 0.05) is 24.5 Å². The Labute approximate surface area is 103 Å². The van der Waals surface area contributed by atoms with Crippen molar-refractivity contribution in [2.75, 3.05) is 25.0 Å². The first kappa shape index (κ1) is 13.5. The lowest BCUT2D eigenvalue weighted by atomic mass is 10.3. The van der Waals surface area contributed by atoms with E-state index in [1.807, 2.05) is 7.05 Å². The van der Waals surface area contributed by atoms with Crippen LogP contribution >= 0.6 is 11.3 Å². The molecule has 0 aliphatic rings. The van der Waals surface area contributed by atoms with Gasteiger partial charge >= 0.3 is 0 Å². The lowest BCUT2D eigenvalue weighted by Crippen LogP contribution is -2.23. The highest BCUT2D eigenvalue weighted by molar-refractivity contribution is 7.13. The van der Waals surface area contributed by atoms with Crippen molar-refractivity contribution in [3.05, 3.63) is 11.1 Å². The molecule has 1 aromatic heterocycles. The second kappa shape index (κ2) is 6.86. The van der Waals surface area contributed by atoms with Crippen molar-refractivity contribution >= 4 is 16.5 Å². The number of anilines is 1. The Morgan fingerprint density at radius 2 is 2.25 bits per heavy atom. The number of nitrogens with zero attached hydrogens (tertiary/aromatic N) is 2. The van der Waals surface area contributed by atoms with Crippen molar-refractivity contribution in [2.45, 2.75) is 39.7 Å². The molecular formula is C12H23N3S. The molecule has 0 amide bonds. The quantitative estimate of drug-likeness (QED) is 0.795. The summed E-state index contributed by atoms with van der Waals surface area (Å²) in [6, 6.07) is 0.342. The summed E-state index contributed by atoms with van der Waals surface area (Å²) in [5.74, 6) is 0. The molecule has 0 aromatic carbocycles. The molecule has 0 radical (unpaired) electrons. The predicted octanol–water partition coefficient (Wildman–Crippen LogP) is 3.05. The maximum atomic E-state index is 4.69. The van der Waals surface area contributed by atoms with Gasteiger partial charge in [-0.15, -0.1) is 11.3 Å². The van der Waals surface area contributed by atoms with E-state index >= 15 is 0 Å². The maximum Gasteiger partial charge on any atom is 0.185 e. The van der Waals surface area contributed by atoms with Crippen molar-refractivity contribution in [2.24, 2.45) is 0 Å². The first-order valence-corrected chi connectivity index (χ1v) is 6.98. The predicted molar refractivity (Wildman–Crippen MR) is 72.4 cm³/mol. The van der Waals surface area contributed by atoms with E-state index in [1.165, 1.54) is 12.8 Å². The summed E-state index contributed by atoms with van der Waals surface area (Å²) >= 11 is 1.75. The Morgan fingerprint density at radius 3 is 2.81 bits per heavy atom. The molecule has 0 spiro atoms. The number of unbranched alkanes of at least 4 members (excludes halogenated alkanes) is 1. The minimum Gasteiger partial charge on any atom is -0.348 e. The first-order chi connectivity index (χ1) is 7.72. The molecular weight excluding hydrogens is 218 g/mol. The average Bonchev–Trinajstić information content (AvgIpc) is 2.78. The molecule has 1 atom stereocenters. The summed E-state index contributed by atoms with van der Waals surface area (Å²) in [5.41, 5.74) is 1.15. The van der Waals surface area contributed by atoms with Gasteiger partial charge in [0.15, 0.2) is 5.13 Å². The third kappa shape index (κ3) is 3.46. The fourth-order valence-electron chi connectivity index (χ4n) is 1.51. The van der Waals surface area contributed by atoms with Crippen LogP contribution in [0.2, 0.25) is 0 Å². The zero-order valence-electron chi connectivity index (χ0n) is 10.8. The molecule has 0 aliphatic heterocycles. The number of rotatable bonds is 7. The van der Waals surface area contributed by atoms with Crippen molar-refractivity contribution in [3.8, 4) is 0 Å². The Hall–Kier alpha value is -0.610. The van der Waals surface area contributed by atoms with Gasteiger partial charge in [-0.25, -0.2) is 4.98 Å². The van der Waals surface area contributed by atoms with Gasteiger partial charge in [-0.2, -0.15) is 0 Å². The van der Waals surface area contributed by atoms with Gasteiger partial charge in [-0.3, -0.25) is 0 Å². The number of nitrogens with one attached hydrogen (secondary N) is 1. The molecule has 0 bridgehead atoms. The van der Waals surface area contributed by atoms with Crippen LogP contribution in [0.1, 0.15) is 45.3 Å². The van der Waals surface area contributed by atoms with E-state index in [9.17, 15) is 0 Å². The van der Waals surface area contributed by atoms with E-state index in [-0.39, 0.29) is 0 Å². The largest absolute Gasteiger partial charge is 0.348 e.